The lowest BCUT2D eigenvalue weighted by atomic mass is 10.1. The largest absolute Gasteiger partial charge is 0.654 e. The predicted molar refractivity (Wildman–Crippen MR) is 144 cm³/mol. The Labute approximate surface area is 208 Å². The maximum atomic E-state index is 5.03. The molecule has 5 heteroatoms. The molecule has 0 amide bonds. The van der Waals surface area contributed by atoms with Crippen molar-refractivity contribution in [1.29, 1.82) is 0 Å². The van der Waals surface area contributed by atoms with E-state index in [9.17, 15) is 0 Å². The summed E-state index contributed by atoms with van der Waals surface area (Å²) in [5.41, 5.74) is 8.61. The van der Waals surface area contributed by atoms with E-state index in [1.807, 2.05) is 65.3 Å². The van der Waals surface area contributed by atoms with Crippen LogP contribution in [0.5, 0.6) is 0 Å². The van der Waals surface area contributed by atoms with Crippen molar-refractivity contribution in [1.82, 2.24) is 10.1 Å². The summed E-state index contributed by atoms with van der Waals surface area (Å²) < 4.78 is 1.98. The van der Waals surface area contributed by atoms with Gasteiger partial charge in [-0.15, -0.1) is 11.4 Å². The summed E-state index contributed by atoms with van der Waals surface area (Å²) in [5, 5.41) is 10.0. The fraction of sp³-hybridized carbons (Fsp3) is 0. The highest BCUT2D eigenvalue weighted by atomic mass is 15.3. The molecule has 0 spiro atoms. The van der Waals surface area contributed by atoms with Crippen LogP contribution in [0.25, 0.3) is 33.4 Å². The predicted octanol–water partition coefficient (Wildman–Crippen LogP) is 7.69. The van der Waals surface area contributed by atoms with Crippen LogP contribution in [0.2, 0.25) is 0 Å². The number of anilines is 3. The Morgan fingerprint density at radius 1 is 0.611 bits per heavy atom. The molecule has 5 nitrogen and oxygen atoms in total. The second-order valence-electron chi connectivity index (χ2n) is 8.65. The zero-order valence-corrected chi connectivity index (χ0v) is 19.4. The Balaban J connectivity index is 1.52. The normalized spacial score (nSPS) is 12.1. The number of hydrogen-bond acceptors (Lipinski definition) is 3. The van der Waals surface area contributed by atoms with E-state index in [1.54, 1.807) is 0 Å². The quantitative estimate of drug-likeness (QED) is 0.252. The standard InChI is InChI=1S/C31H21N5/c1-4-12-22(13-5-1)31-33-27-20-26-29(21-30(27)36(34-31)24-16-8-3-9-17-24)35(23-14-6-2-7-15-23)28-19-11-10-18-25(28)32-26/h1-21H. The Bertz CT molecular complexity index is 1700. The highest BCUT2D eigenvalue weighted by molar-refractivity contribution is 6.03. The van der Waals surface area contributed by atoms with E-state index in [-0.39, 0.29) is 0 Å². The number of rotatable bonds is 3. The molecule has 7 rings (SSSR count). The minimum atomic E-state index is 0.669. The maximum Gasteiger partial charge on any atom is 0.266 e. The molecule has 2 heterocycles. The van der Waals surface area contributed by atoms with Gasteiger partial charge in [-0.3, -0.25) is 0 Å². The molecule has 5 aromatic carbocycles. The van der Waals surface area contributed by atoms with E-state index in [2.05, 4.69) is 71.6 Å². The molecule has 0 unspecified atom stereocenters. The summed E-state index contributed by atoms with van der Waals surface area (Å²) in [6.45, 7) is 0. The molecule has 0 N–H and O–H groups in total. The van der Waals surface area contributed by atoms with Gasteiger partial charge >= 0.3 is 0 Å². The second kappa shape index (κ2) is 8.32. The van der Waals surface area contributed by atoms with E-state index >= 15 is 0 Å². The molecular formula is C31H21N5. The molecule has 0 atom stereocenters. The Kier molecular flexibility index (Phi) is 4.71. The van der Waals surface area contributed by atoms with Gasteiger partial charge in [0.2, 0.25) is 11.5 Å². The molecule has 0 aliphatic carbocycles. The average Bonchev–Trinajstić information content (AvgIpc) is 2.95. The molecule has 0 radical (unpaired) electrons. The molecule has 36 heavy (non-hydrogen) atoms. The summed E-state index contributed by atoms with van der Waals surface area (Å²) in [6, 6.07) is 43.1. The third-order valence-corrected chi connectivity index (χ3v) is 6.37. The first-order valence-corrected chi connectivity index (χ1v) is 11.9. The lowest BCUT2D eigenvalue weighted by Crippen LogP contribution is -2.37. The van der Waals surface area contributed by atoms with Crippen molar-refractivity contribution in [2.24, 2.45) is 0 Å². The van der Waals surface area contributed by atoms with Gasteiger partial charge in [0.1, 0.15) is 5.52 Å². The van der Waals surface area contributed by atoms with Gasteiger partial charge in [0.25, 0.3) is 5.52 Å². The van der Waals surface area contributed by atoms with Gasteiger partial charge in [-0.25, -0.2) is 4.98 Å². The molecule has 1 aliphatic heterocycles. The smallest absolute Gasteiger partial charge is 0.266 e. The molecule has 170 valence electrons. The van der Waals surface area contributed by atoms with Crippen LogP contribution in [0.4, 0.5) is 28.4 Å². The summed E-state index contributed by atoms with van der Waals surface area (Å²) in [4.78, 5) is 7.24. The van der Waals surface area contributed by atoms with Gasteiger partial charge in [0, 0.05) is 45.9 Å². The van der Waals surface area contributed by atoms with E-state index in [1.165, 1.54) is 0 Å². The van der Waals surface area contributed by atoms with Crippen LogP contribution in [-0.4, -0.2) is 10.1 Å². The summed E-state index contributed by atoms with van der Waals surface area (Å²) in [5.74, 6) is 0.669. The molecule has 0 saturated carbocycles. The van der Waals surface area contributed by atoms with Crippen molar-refractivity contribution in [2.75, 3.05) is 4.90 Å². The number of para-hydroxylation sites is 4. The number of nitrogens with zero attached hydrogens (tertiary/aromatic N) is 5. The monoisotopic (exact) mass is 463 g/mol. The molecule has 0 saturated heterocycles. The van der Waals surface area contributed by atoms with Crippen molar-refractivity contribution < 1.29 is 4.68 Å². The van der Waals surface area contributed by atoms with E-state index < -0.39 is 0 Å². The van der Waals surface area contributed by atoms with Gasteiger partial charge in [-0.1, -0.05) is 84.9 Å². The minimum Gasteiger partial charge on any atom is -0.654 e. The second-order valence-corrected chi connectivity index (χ2v) is 8.65. The number of aromatic nitrogens is 3. The van der Waals surface area contributed by atoms with Crippen molar-refractivity contribution in [3.8, 4) is 17.1 Å². The Morgan fingerprint density at radius 3 is 2.06 bits per heavy atom. The Morgan fingerprint density at radius 2 is 1.28 bits per heavy atom. The van der Waals surface area contributed by atoms with Crippen molar-refractivity contribution in [2.45, 2.75) is 0 Å². The Hall–Kier alpha value is -5.03. The molecule has 0 bridgehead atoms. The molecular weight excluding hydrogens is 442 g/mol. The zero-order valence-electron chi connectivity index (χ0n) is 19.4. The van der Waals surface area contributed by atoms with Gasteiger partial charge in [-0.2, -0.15) is 0 Å². The number of fused-ring (bicyclic) bond motifs is 3. The topological polar surface area (TPSA) is 47.0 Å². The summed E-state index contributed by atoms with van der Waals surface area (Å²) in [7, 11) is 0. The average molecular weight is 464 g/mol. The highest BCUT2D eigenvalue weighted by Gasteiger charge is 2.24. The van der Waals surface area contributed by atoms with Gasteiger partial charge in [0.05, 0.1) is 0 Å². The lowest BCUT2D eigenvalue weighted by molar-refractivity contribution is -0.632. The van der Waals surface area contributed by atoms with Crippen LogP contribution in [0.1, 0.15) is 0 Å². The summed E-state index contributed by atoms with van der Waals surface area (Å²) in [6.07, 6.45) is 0. The zero-order chi connectivity index (χ0) is 23.9. The van der Waals surface area contributed by atoms with Crippen molar-refractivity contribution in [3.63, 3.8) is 0 Å². The van der Waals surface area contributed by atoms with Crippen molar-refractivity contribution >= 4 is 39.5 Å². The van der Waals surface area contributed by atoms with Crippen LogP contribution in [0, 0.1) is 0 Å². The maximum absolute atomic E-state index is 5.03. The highest BCUT2D eigenvalue weighted by Crippen LogP contribution is 2.54. The van der Waals surface area contributed by atoms with Gasteiger partial charge < -0.3 is 10.2 Å². The van der Waals surface area contributed by atoms with Crippen LogP contribution < -0.4 is 9.58 Å². The van der Waals surface area contributed by atoms with Crippen LogP contribution in [0.3, 0.4) is 0 Å². The van der Waals surface area contributed by atoms with Gasteiger partial charge in [-0.05, 0) is 28.9 Å². The molecule has 6 aromatic rings. The van der Waals surface area contributed by atoms with Crippen LogP contribution in [-0.2, 0) is 0 Å². The SMILES string of the molecule is c1ccc(-c2nc3cc4c(cc3[n+](-c3ccccc3)n2)N(c2ccccc2)c2ccccc2[N-]4)cc1. The third-order valence-electron chi connectivity index (χ3n) is 6.37. The number of benzene rings is 5. The molecule has 0 fully saturated rings. The summed E-state index contributed by atoms with van der Waals surface area (Å²) >= 11 is 0. The third kappa shape index (κ3) is 3.37. The molecule has 1 aliphatic rings. The van der Waals surface area contributed by atoms with Crippen LogP contribution >= 0.6 is 0 Å². The van der Waals surface area contributed by atoms with Gasteiger partial charge in [0.15, 0.2) is 0 Å². The fourth-order valence-electron chi connectivity index (χ4n) is 4.71. The first-order chi connectivity index (χ1) is 17.8. The fourth-order valence-corrected chi connectivity index (χ4v) is 4.71. The van der Waals surface area contributed by atoms with E-state index in [0.29, 0.717) is 5.82 Å². The van der Waals surface area contributed by atoms with E-state index in [0.717, 1.165) is 50.7 Å². The lowest BCUT2D eigenvalue weighted by Gasteiger charge is -2.41. The number of hydrogen-bond donors (Lipinski definition) is 0. The van der Waals surface area contributed by atoms with E-state index in [4.69, 9.17) is 15.4 Å². The minimum absolute atomic E-state index is 0.669. The first kappa shape index (κ1) is 20.4. The van der Waals surface area contributed by atoms with Crippen molar-refractivity contribution in [3.05, 3.63) is 133 Å². The molecule has 1 aromatic heterocycles. The first-order valence-electron chi connectivity index (χ1n) is 11.9. The van der Waals surface area contributed by atoms with Crippen LogP contribution in [0.15, 0.2) is 127 Å².